The maximum Gasteiger partial charge on any atom is 0.416 e. The third-order valence-electron chi connectivity index (χ3n) is 2.59. The quantitative estimate of drug-likeness (QED) is 0.860. The molecular formula is C14H16F3N3S. The number of alkyl halides is 3. The summed E-state index contributed by atoms with van der Waals surface area (Å²) in [6.45, 7) is 3.98. The Labute approximate surface area is 127 Å². The van der Waals surface area contributed by atoms with Gasteiger partial charge in [-0.3, -0.25) is 0 Å². The second-order valence-electron chi connectivity index (χ2n) is 4.71. The van der Waals surface area contributed by atoms with E-state index in [4.69, 9.17) is 17.5 Å². The van der Waals surface area contributed by atoms with Gasteiger partial charge in [-0.15, -0.1) is 0 Å². The molecule has 1 N–H and O–H groups in total. The van der Waals surface area contributed by atoms with Crippen LogP contribution in [0.4, 0.5) is 18.9 Å². The van der Waals surface area contributed by atoms with E-state index in [2.05, 4.69) is 5.32 Å². The molecule has 0 heterocycles. The van der Waals surface area contributed by atoms with Gasteiger partial charge in [0.05, 0.1) is 18.1 Å². The van der Waals surface area contributed by atoms with Gasteiger partial charge in [0.1, 0.15) is 0 Å². The second-order valence-corrected chi connectivity index (χ2v) is 5.10. The van der Waals surface area contributed by atoms with Crippen molar-refractivity contribution in [2.45, 2.75) is 32.5 Å². The number of hydrogen-bond acceptors (Lipinski definition) is 2. The van der Waals surface area contributed by atoms with Crippen LogP contribution < -0.4 is 10.2 Å². The van der Waals surface area contributed by atoms with Crippen LogP contribution in [-0.4, -0.2) is 17.7 Å². The number of hydrogen-bond donors (Lipinski definition) is 1. The normalized spacial score (nSPS) is 11.1. The molecular weight excluding hydrogens is 299 g/mol. The number of thiocarbonyl (C=S) groups is 1. The Morgan fingerprint density at radius 2 is 2.10 bits per heavy atom. The molecule has 0 aliphatic rings. The first-order chi connectivity index (χ1) is 9.75. The highest BCUT2D eigenvalue weighted by atomic mass is 32.1. The number of nitriles is 1. The number of nitrogens with one attached hydrogen (secondary N) is 1. The Kier molecular flexibility index (Phi) is 5.97. The smallest absolute Gasteiger partial charge is 0.360 e. The first kappa shape index (κ1) is 17.2. The third-order valence-corrected chi connectivity index (χ3v) is 2.93. The summed E-state index contributed by atoms with van der Waals surface area (Å²) in [4.78, 5) is 1.51. The minimum absolute atomic E-state index is 0.0490. The molecule has 114 valence electrons. The van der Waals surface area contributed by atoms with E-state index in [9.17, 15) is 13.2 Å². The summed E-state index contributed by atoms with van der Waals surface area (Å²) in [5.74, 6) is 0. The van der Waals surface area contributed by atoms with Gasteiger partial charge in [0, 0.05) is 18.3 Å². The van der Waals surface area contributed by atoms with Crippen molar-refractivity contribution in [2.75, 3.05) is 11.4 Å². The molecule has 3 nitrogen and oxygen atoms in total. The molecule has 0 atom stereocenters. The van der Waals surface area contributed by atoms with E-state index in [1.807, 2.05) is 19.9 Å². The molecule has 0 fully saturated rings. The van der Waals surface area contributed by atoms with E-state index in [0.29, 0.717) is 10.8 Å². The fraction of sp³-hybridized carbons (Fsp3) is 0.429. The minimum Gasteiger partial charge on any atom is -0.360 e. The predicted molar refractivity (Wildman–Crippen MR) is 79.9 cm³/mol. The molecule has 0 aliphatic heterocycles. The summed E-state index contributed by atoms with van der Waals surface area (Å²) in [5, 5.41) is 12.0. The summed E-state index contributed by atoms with van der Waals surface area (Å²) >= 11 is 5.21. The summed E-state index contributed by atoms with van der Waals surface area (Å²) < 4.78 is 38.3. The molecule has 7 heteroatoms. The number of rotatable bonds is 4. The van der Waals surface area contributed by atoms with Crippen molar-refractivity contribution in [3.63, 3.8) is 0 Å². The Morgan fingerprint density at radius 3 is 2.62 bits per heavy atom. The molecule has 0 radical (unpaired) electrons. The van der Waals surface area contributed by atoms with Crippen molar-refractivity contribution >= 4 is 23.0 Å². The lowest BCUT2D eigenvalue weighted by molar-refractivity contribution is -0.137. The zero-order chi connectivity index (χ0) is 16.0. The van der Waals surface area contributed by atoms with Crippen LogP contribution in [0.1, 0.15) is 25.8 Å². The molecule has 1 aromatic carbocycles. The molecule has 21 heavy (non-hydrogen) atoms. The molecule has 0 spiro atoms. The van der Waals surface area contributed by atoms with Crippen LogP contribution in [0.15, 0.2) is 24.3 Å². The van der Waals surface area contributed by atoms with Crippen LogP contribution in [0, 0.1) is 11.3 Å². The van der Waals surface area contributed by atoms with E-state index in [0.717, 1.165) is 12.1 Å². The second kappa shape index (κ2) is 7.27. The summed E-state index contributed by atoms with van der Waals surface area (Å²) in [6, 6.07) is 6.93. The lowest BCUT2D eigenvalue weighted by Crippen LogP contribution is -2.43. The average molecular weight is 315 g/mol. The summed E-state index contributed by atoms with van der Waals surface area (Å²) in [7, 11) is 0. The molecule has 1 rings (SSSR count). The zero-order valence-electron chi connectivity index (χ0n) is 11.7. The van der Waals surface area contributed by atoms with E-state index in [1.165, 1.54) is 11.0 Å². The largest absolute Gasteiger partial charge is 0.416 e. The van der Waals surface area contributed by atoms with Crippen molar-refractivity contribution in [3.05, 3.63) is 29.8 Å². The standard InChI is InChI=1S/C14H16F3N3S/c1-10(2)19-13(21)20(8-4-7-18)12-6-3-5-11(9-12)14(15,16)17/h3,5-6,9-10H,4,8H2,1-2H3,(H,19,21). The van der Waals surface area contributed by atoms with Gasteiger partial charge in [-0.05, 0) is 44.3 Å². The number of benzene rings is 1. The zero-order valence-corrected chi connectivity index (χ0v) is 12.6. The van der Waals surface area contributed by atoms with Gasteiger partial charge in [0.25, 0.3) is 0 Å². The predicted octanol–water partition coefficient (Wildman–Crippen LogP) is 3.71. The van der Waals surface area contributed by atoms with Crippen LogP contribution in [0.5, 0.6) is 0 Å². The lowest BCUT2D eigenvalue weighted by atomic mass is 10.2. The van der Waals surface area contributed by atoms with E-state index >= 15 is 0 Å². The van der Waals surface area contributed by atoms with Gasteiger partial charge in [0.2, 0.25) is 0 Å². The van der Waals surface area contributed by atoms with E-state index in [-0.39, 0.29) is 19.0 Å². The van der Waals surface area contributed by atoms with Crippen molar-refractivity contribution in [3.8, 4) is 6.07 Å². The van der Waals surface area contributed by atoms with E-state index in [1.54, 1.807) is 6.07 Å². The van der Waals surface area contributed by atoms with Crippen LogP contribution in [0.2, 0.25) is 0 Å². The maximum atomic E-state index is 12.8. The summed E-state index contributed by atoms with van der Waals surface area (Å²) in [6.07, 6.45) is -4.25. The highest BCUT2D eigenvalue weighted by molar-refractivity contribution is 7.80. The summed E-state index contributed by atoms with van der Waals surface area (Å²) in [5.41, 5.74) is -0.424. The first-order valence-electron chi connectivity index (χ1n) is 6.38. The number of halogens is 3. The Hall–Kier alpha value is -1.81. The monoisotopic (exact) mass is 315 g/mol. The van der Waals surface area contributed by atoms with Gasteiger partial charge in [-0.1, -0.05) is 6.07 Å². The Bertz CT molecular complexity index is 535. The van der Waals surface area contributed by atoms with Crippen molar-refractivity contribution in [2.24, 2.45) is 0 Å². The van der Waals surface area contributed by atoms with E-state index < -0.39 is 11.7 Å². The Balaban J connectivity index is 3.08. The first-order valence-corrected chi connectivity index (χ1v) is 6.78. The van der Waals surface area contributed by atoms with Crippen LogP contribution >= 0.6 is 12.2 Å². The fourth-order valence-electron chi connectivity index (χ4n) is 1.68. The molecule has 0 saturated heterocycles. The van der Waals surface area contributed by atoms with Crippen molar-refractivity contribution in [1.29, 1.82) is 5.26 Å². The SMILES string of the molecule is CC(C)NC(=S)N(CCC#N)c1cccc(C(F)(F)F)c1. The molecule has 0 unspecified atom stereocenters. The molecule has 0 aliphatic carbocycles. The molecule has 0 saturated carbocycles. The van der Waals surface area contributed by atoms with Crippen LogP contribution in [0.3, 0.4) is 0 Å². The lowest BCUT2D eigenvalue weighted by Gasteiger charge is -2.27. The van der Waals surface area contributed by atoms with Gasteiger partial charge in [-0.25, -0.2) is 0 Å². The average Bonchev–Trinajstić information content (AvgIpc) is 2.37. The van der Waals surface area contributed by atoms with Gasteiger partial charge in [0.15, 0.2) is 5.11 Å². The van der Waals surface area contributed by atoms with Gasteiger partial charge < -0.3 is 10.2 Å². The Morgan fingerprint density at radius 1 is 1.43 bits per heavy atom. The minimum atomic E-state index is -4.41. The third kappa shape index (κ3) is 5.23. The van der Waals surface area contributed by atoms with Crippen LogP contribution in [-0.2, 0) is 6.18 Å². The highest BCUT2D eigenvalue weighted by Gasteiger charge is 2.31. The number of nitrogens with zero attached hydrogens (tertiary/aromatic N) is 2. The number of anilines is 1. The maximum absolute atomic E-state index is 12.8. The van der Waals surface area contributed by atoms with Crippen molar-refractivity contribution < 1.29 is 13.2 Å². The molecule has 0 amide bonds. The van der Waals surface area contributed by atoms with Crippen molar-refractivity contribution in [1.82, 2.24) is 5.32 Å². The molecule has 1 aromatic rings. The highest BCUT2D eigenvalue weighted by Crippen LogP contribution is 2.31. The molecule has 0 aromatic heterocycles. The fourth-order valence-corrected chi connectivity index (χ4v) is 2.12. The van der Waals surface area contributed by atoms with Gasteiger partial charge >= 0.3 is 6.18 Å². The van der Waals surface area contributed by atoms with Crippen LogP contribution in [0.25, 0.3) is 0 Å². The molecule has 0 bridgehead atoms. The topological polar surface area (TPSA) is 39.1 Å². The van der Waals surface area contributed by atoms with Gasteiger partial charge in [-0.2, -0.15) is 18.4 Å².